The van der Waals surface area contributed by atoms with Crippen LogP contribution in [0.3, 0.4) is 0 Å². The molecular formula is C16H19FN2O6. The topological polar surface area (TPSA) is 105 Å². The van der Waals surface area contributed by atoms with Crippen LogP contribution in [-0.4, -0.2) is 73.3 Å². The smallest absolute Gasteiger partial charge is 0.329 e. The first kappa shape index (κ1) is 18.8. The van der Waals surface area contributed by atoms with Crippen LogP contribution in [0.2, 0.25) is 0 Å². The zero-order chi connectivity index (χ0) is 18.2. The minimum absolute atomic E-state index is 0.180. The predicted octanol–water partition coefficient (Wildman–Crippen LogP) is -0.116. The quantitative estimate of drug-likeness (QED) is 0.708. The molecule has 1 aliphatic heterocycles. The van der Waals surface area contributed by atoms with Crippen molar-refractivity contribution in [3.8, 4) is 0 Å². The second-order valence-corrected chi connectivity index (χ2v) is 5.38. The van der Waals surface area contributed by atoms with Gasteiger partial charge in [0.15, 0.2) is 0 Å². The predicted molar refractivity (Wildman–Crippen MR) is 83.5 cm³/mol. The summed E-state index contributed by atoms with van der Waals surface area (Å²) in [6.45, 7) is 0.663. The molecule has 0 spiro atoms. The number of carbonyl (C=O) groups excluding carboxylic acids is 2. The summed E-state index contributed by atoms with van der Waals surface area (Å²) in [5.74, 6) is -2.63. The maximum absolute atomic E-state index is 12.9. The van der Waals surface area contributed by atoms with E-state index < -0.39 is 30.3 Å². The van der Waals surface area contributed by atoms with Crippen molar-refractivity contribution in [3.63, 3.8) is 0 Å². The summed E-state index contributed by atoms with van der Waals surface area (Å²) in [4.78, 5) is 36.9. The van der Waals surface area contributed by atoms with Gasteiger partial charge in [-0.25, -0.2) is 9.18 Å². The number of ether oxygens (including phenoxy) is 2. The number of nitrogens with zero attached hydrogens (tertiary/aromatic N) is 1. The highest BCUT2D eigenvalue weighted by molar-refractivity contribution is 5.97. The third kappa shape index (κ3) is 5.80. The standard InChI is InChI=1S/C16H19FN2O6/c17-12-3-1-11(2-4-12)15(22)18-13(9-25-10-14(20)21)16(23)19-5-7-24-8-6-19/h1-4,13H,5-10H2,(H,18,22)(H,20,21). The number of rotatable bonds is 7. The zero-order valence-electron chi connectivity index (χ0n) is 13.4. The van der Waals surface area contributed by atoms with E-state index in [1.807, 2.05) is 0 Å². The number of benzene rings is 1. The molecule has 0 saturated carbocycles. The molecule has 0 bridgehead atoms. The molecule has 1 heterocycles. The summed E-state index contributed by atoms with van der Waals surface area (Å²) in [6, 6.07) is 3.80. The molecule has 1 aromatic rings. The lowest BCUT2D eigenvalue weighted by Gasteiger charge is -2.30. The third-order valence-electron chi connectivity index (χ3n) is 3.54. The number of carboxylic acid groups (broad SMARTS) is 1. The van der Waals surface area contributed by atoms with Crippen LogP contribution in [-0.2, 0) is 19.1 Å². The number of carboxylic acids is 1. The van der Waals surface area contributed by atoms with Crippen molar-refractivity contribution in [2.45, 2.75) is 6.04 Å². The minimum atomic E-state index is -1.18. The van der Waals surface area contributed by atoms with Crippen LogP contribution in [0, 0.1) is 5.82 Å². The fourth-order valence-corrected chi connectivity index (χ4v) is 2.29. The van der Waals surface area contributed by atoms with Crippen LogP contribution < -0.4 is 5.32 Å². The lowest BCUT2D eigenvalue weighted by atomic mass is 10.1. The molecule has 1 atom stereocenters. The summed E-state index contributed by atoms with van der Waals surface area (Å²) < 4.78 is 23.1. The van der Waals surface area contributed by atoms with Gasteiger partial charge in [-0.2, -0.15) is 0 Å². The van der Waals surface area contributed by atoms with E-state index >= 15 is 0 Å². The van der Waals surface area contributed by atoms with Gasteiger partial charge in [-0.1, -0.05) is 0 Å². The highest BCUT2D eigenvalue weighted by atomic mass is 19.1. The van der Waals surface area contributed by atoms with E-state index in [9.17, 15) is 18.8 Å². The summed E-state index contributed by atoms with van der Waals surface area (Å²) in [7, 11) is 0. The van der Waals surface area contributed by atoms with Gasteiger partial charge < -0.3 is 24.8 Å². The van der Waals surface area contributed by atoms with Gasteiger partial charge in [0.25, 0.3) is 5.91 Å². The number of aliphatic carboxylic acids is 1. The van der Waals surface area contributed by atoms with E-state index in [1.54, 1.807) is 0 Å². The van der Waals surface area contributed by atoms with Crippen LogP contribution >= 0.6 is 0 Å². The third-order valence-corrected chi connectivity index (χ3v) is 3.54. The fraction of sp³-hybridized carbons (Fsp3) is 0.438. The molecule has 1 aromatic carbocycles. The molecule has 2 amide bonds. The van der Waals surface area contributed by atoms with Gasteiger partial charge in [-0.05, 0) is 24.3 Å². The first-order chi connectivity index (χ1) is 12.0. The molecule has 1 fully saturated rings. The second kappa shape index (κ2) is 9.09. The maximum Gasteiger partial charge on any atom is 0.329 e. The van der Waals surface area contributed by atoms with Gasteiger partial charge >= 0.3 is 5.97 Å². The van der Waals surface area contributed by atoms with Crippen molar-refractivity contribution in [2.75, 3.05) is 39.5 Å². The van der Waals surface area contributed by atoms with Gasteiger partial charge in [0, 0.05) is 18.7 Å². The van der Waals surface area contributed by atoms with Crippen LogP contribution in [0.5, 0.6) is 0 Å². The Kier molecular flexibility index (Phi) is 6.84. The first-order valence-electron chi connectivity index (χ1n) is 7.70. The Balaban J connectivity index is 2.03. The van der Waals surface area contributed by atoms with Crippen molar-refractivity contribution >= 4 is 17.8 Å². The maximum atomic E-state index is 12.9. The Morgan fingerprint density at radius 2 is 1.88 bits per heavy atom. The molecule has 2 N–H and O–H groups in total. The average Bonchev–Trinajstić information content (AvgIpc) is 2.61. The van der Waals surface area contributed by atoms with Gasteiger partial charge in [-0.3, -0.25) is 9.59 Å². The Hall–Kier alpha value is -2.52. The highest BCUT2D eigenvalue weighted by Gasteiger charge is 2.28. The van der Waals surface area contributed by atoms with Gasteiger partial charge in [-0.15, -0.1) is 0 Å². The van der Waals surface area contributed by atoms with Crippen molar-refractivity contribution in [3.05, 3.63) is 35.6 Å². The molecular weight excluding hydrogens is 335 g/mol. The molecule has 0 aliphatic carbocycles. The summed E-state index contributed by atoms with van der Waals surface area (Å²) in [6.07, 6.45) is 0. The molecule has 1 aliphatic rings. The normalized spacial score (nSPS) is 15.5. The minimum Gasteiger partial charge on any atom is -0.480 e. The average molecular weight is 354 g/mol. The van der Waals surface area contributed by atoms with E-state index in [0.29, 0.717) is 26.3 Å². The van der Waals surface area contributed by atoms with Crippen molar-refractivity contribution in [2.24, 2.45) is 0 Å². The molecule has 2 rings (SSSR count). The Morgan fingerprint density at radius 3 is 2.48 bits per heavy atom. The van der Waals surface area contributed by atoms with Crippen LogP contribution in [0.25, 0.3) is 0 Å². The summed E-state index contributed by atoms with van der Waals surface area (Å²) in [5, 5.41) is 11.2. The SMILES string of the molecule is O=C(O)COCC(NC(=O)c1ccc(F)cc1)C(=O)N1CCOCC1. The molecule has 9 heteroatoms. The number of hydrogen-bond acceptors (Lipinski definition) is 5. The van der Waals surface area contributed by atoms with Crippen molar-refractivity contribution in [1.29, 1.82) is 0 Å². The largest absolute Gasteiger partial charge is 0.480 e. The van der Waals surface area contributed by atoms with Gasteiger partial charge in [0.1, 0.15) is 18.5 Å². The Labute approximate surface area is 143 Å². The molecule has 0 aromatic heterocycles. The summed E-state index contributed by atoms with van der Waals surface area (Å²) in [5.41, 5.74) is 0.180. The second-order valence-electron chi connectivity index (χ2n) is 5.38. The number of halogens is 1. The van der Waals surface area contributed by atoms with E-state index in [4.69, 9.17) is 14.6 Å². The fourth-order valence-electron chi connectivity index (χ4n) is 2.29. The number of morpholine rings is 1. The van der Waals surface area contributed by atoms with Crippen LogP contribution in [0.15, 0.2) is 24.3 Å². The Bertz CT molecular complexity index is 616. The molecule has 8 nitrogen and oxygen atoms in total. The lowest BCUT2D eigenvalue weighted by molar-refractivity contribution is -0.145. The van der Waals surface area contributed by atoms with Gasteiger partial charge in [0.2, 0.25) is 5.91 Å². The molecule has 136 valence electrons. The van der Waals surface area contributed by atoms with E-state index in [-0.39, 0.29) is 18.1 Å². The monoisotopic (exact) mass is 354 g/mol. The van der Waals surface area contributed by atoms with Gasteiger partial charge in [0.05, 0.1) is 19.8 Å². The van der Waals surface area contributed by atoms with Crippen molar-refractivity contribution in [1.82, 2.24) is 10.2 Å². The van der Waals surface area contributed by atoms with Crippen molar-refractivity contribution < 1.29 is 33.4 Å². The zero-order valence-corrected chi connectivity index (χ0v) is 13.4. The van der Waals surface area contributed by atoms with E-state index in [2.05, 4.69) is 5.32 Å². The highest BCUT2D eigenvalue weighted by Crippen LogP contribution is 2.06. The molecule has 25 heavy (non-hydrogen) atoms. The number of nitrogens with one attached hydrogen (secondary N) is 1. The van der Waals surface area contributed by atoms with E-state index in [1.165, 1.54) is 17.0 Å². The first-order valence-corrected chi connectivity index (χ1v) is 7.70. The molecule has 0 radical (unpaired) electrons. The van der Waals surface area contributed by atoms with Crippen LogP contribution in [0.1, 0.15) is 10.4 Å². The summed E-state index contributed by atoms with van der Waals surface area (Å²) >= 11 is 0. The number of hydrogen-bond donors (Lipinski definition) is 2. The van der Waals surface area contributed by atoms with E-state index in [0.717, 1.165) is 12.1 Å². The Morgan fingerprint density at radius 1 is 1.24 bits per heavy atom. The number of carbonyl (C=O) groups is 3. The molecule has 1 unspecified atom stereocenters. The lowest BCUT2D eigenvalue weighted by Crippen LogP contribution is -2.53. The number of amides is 2. The van der Waals surface area contributed by atoms with Crippen LogP contribution in [0.4, 0.5) is 4.39 Å². The molecule has 1 saturated heterocycles.